The lowest BCUT2D eigenvalue weighted by Crippen LogP contribution is -2.53. The minimum absolute atomic E-state index is 0.000698. The first-order valence-electron chi connectivity index (χ1n) is 11.4. The Morgan fingerprint density at radius 2 is 1.80 bits per heavy atom. The molecule has 2 unspecified atom stereocenters. The molecule has 3 aliphatic rings. The molecule has 0 bridgehead atoms. The Hall–Kier alpha value is -4.23. The van der Waals surface area contributed by atoms with Crippen molar-refractivity contribution in [1.29, 1.82) is 5.26 Å². The SMILES string of the molecule is CN1CCN(C(=O)CN2c3ccccc3C3C2C=C(C#N)C(=O)N3c2ccc([N+](=O)[O-])cc2)CC1. The summed E-state index contributed by atoms with van der Waals surface area (Å²) in [5.41, 5.74) is 2.05. The largest absolute Gasteiger partial charge is 0.353 e. The maximum absolute atomic E-state index is 13.3. The number of hydrogen-bond donors (Lipinski definition) is 0. The number of nitrogens with zero attached hydrogens (tertiary/aromatic N) is 6. The van der Waals surface area contributed by atoms with Gasteiger partial charge < -0.3 is 14.7 Å². The summed E-state index contributed by atoms with van der Waals surface area (Å²) in [6.07, 6.45) is 1.64. The third-order valence-corrected chi connectivity index (χ3v) is 6.93. The number of para-hydroxylation sites is 1. The van der Waals surface area contributed by atoms with Crippen LogP contribution < -0.4 is 9.80 Å². The molecule has 1 fully saturated rings. The highest BCUT2D eigenvalue weighted by atomic mass is 16.6. The van der Waals surface area contributed by atoms with Crippen molar-refractivity contribution in [1.82, 2.24) is 9.80 Å². The Morgan fingerprint density at radius 3 is 2.46 bits per heavy atom. The van der Waals surface area contributed by atoms with E-state index in [1.54, 1.807) is 6.08 Å². The molecule has 178 valence electrons. The van der Waals surface area contributed by atoms with Crippen LogP contribution in [-0.4, -0.2) is 72.4 Å². The van der Waals surface area contributed by atoms with E-state index in [0.717, 1.165) is 24.3 Å². The monoisotopic (exact) mass is 472 g/mol. The number of nitro benzene ring substituents is 1. The molecule has 1 saturated heterocycles. The number of nitro groups is 1. The lowest BCUT2D eigenvalue weighted by atomic mass is 9.93. The Bertz CT molecular complexity index is 1260. The van der Waals surface area contributed by atoms with Crippen molar-refractivity contribution >= 4 is 28.9 Å². The maximum Gasteiger partial charge on any atom is 0.269 e. The number of hydrogen-bond acceptors (Lipinski definition) is 7. The standard InChI is InChI=1S/C25H24N6O4/c1-27-10-12-28(13-11-27)23(32)16-29-21-5-3-2-4-20(21)24-22(29)14-17(15-26)25(33)30(24)18-6-8-19(9-7-18)31(34)35/h2-9,14,22,24H,10-13,16H2,1H3. The van der Waals surface area contributed by atoms with Gasteiger partial charge in [-0.05, 0) is 31.3 Å². The van der Waals surface area contributed by atoms with Gasteiger partial charge in [0.25, 0.3) is 11.6 Å². The third kappa shape index (κ3) is 3.90. The van der Waals surface area contributed by atoms with Crippen LogP contribution in [0.15, 0.2) is 60.2 Å². The molecule has 0 saturated carbocycles. The molecule has 5 rings (SSSR count). The first-order valence-corrected chi connectivity index (χ1v) is 11.4. The molecule has 10 nitrogen and oxygen atoms in total. The van der Waals surface area contributed by atoms with Gasteiger partial charge in [-0.1, -0.05) is 18.2 Å². The van der Waals surface area contributed by atoms with Crippen molar-refractivity contribution in [3.8, 4) is 6.07 Å². The van der Waals surface area contributed by atoms with E-state index >= 15 is 0 Å². The highest BCUT2D eigenvalue weighted by molar-refractivity contribution is 6.11. The summed E-state index contributed by atoms with van der Waals surface area (Å²) >= 11 is 0. The van der Waals surface area contributed by atoms with Crippen molar-refractivity contribution in [3.63, 3.8) is 0 Å². The summed E-state index contributed by atoms with van der Waals surface area (Å²) in [7, 11) is 2.03. The van der Waals surface area contributed by atoms with Gasteiger partial charge in [-0.3, -0.25) is 24.6 Å². The molecule has 0 spiro atoms. The summed E-state index contributed by atoms with van der Waals surface area (Å²) in [5, 5.41) is 20.8. The average molecular weight is 473 g/mol. The van der Waals surface area contributed by atoms with Crippen LogP contribution in [0.2, 0.25) is 0 Å². The molecule has 0 radical (unpaired) electrons. The van der Waals surface area contributed by atoms with Gasteiger partial charge in [0.05, 0.1) is 23.6 Å². The number of carbonyl (C=O) groups is 2. The zero-order valence-corrected chi connectivity index (χ0v) is 19.2. The molecule has 2 atom stereocenters. The molecule has 0 aromatic heterocycles. The number of piperazine rings is 1. The topological polar surface area (TPSA) is 114 Å². The van der Waals surface area contributed by atoms with Crippen LogP contribution in [0.3, 0.4) is 0 Å². The zero-order valence-electron chi connectivity index (χ0n) is 19.2. The second-order valence-electron chi connectivity index (χ2n) is 8.95. The molecular weight excluding hydrogens is 448 g/mol. The number of nitriles is 1. The summed E-state index contributed by atoms with van der Waals surface area (Å²) in [6, 6.07) is 14.4. The Kier molecular flexibility index (Phi) is 5.70. The van der Waals surface area contributed by atoms with Crippen LogP contribution in [0.1, 0.15) is 11.6 Å². The van der Waals surface area contributed by atoms with Crippen LogP contribution in [0.4, 0.5) is 17.1 Å². The highest BCUT2D eigenvalue weighted by Crippen LogP contribution is 2.47. The van der Waals surface area contributed by atoms with E-state index in [1.165, 1.54) is 29.2 Å². The second kappa shape index (κ2) is 8.85. The van der Waals surface area contributed by atoms with Crippen molar-refractivity contribution < 1.29 is 14.5 Å². The number of carbonyl (C=O) groups excluding carboxylic acids is 2. The molecule has 2 aromatic carbocycles. The van der Waals surface area contributed by atoms with Crippen molar-refractivity contribution in [2.24, 2.45) is 0 Å². The third-order valence-electron chi connectivity index (χ3n) is 6.93. The van der Waals surface area contributed by atoms with Crippen LogP contribution in [0.5, 0.6) is 0 Å². The van der Waals surface area contributed by atoms with E-state index in [-0.39, 0.29) is 23.7 Å². The Labute approximate surface area is 202 Å². The van der Waals surface area contributed by atoms with Gasteiger partial charge in [0.2, 0.25) is 5.91 Å². The molecule has 2 aromatic rings. The predicted octanol–water partition coefficient (Wildman–Crippen LogP) is 2.10. The Balaban J connectivity index is 1.53. The summed E-state index contributed by atoms with van der Waals surface area (Å²) in [4.78, 5) is 44.7. The lowest BCUT2D eigenvalue weighted by molar-refractivity contribution is -0.384. The van der Waals surface area contributed by atoms with Crippen LogP contribution in [0.25, 0.3) is 0 Å². The first kappa shape index (κ1) is 22.6. The van der Waals surface area contributed by atoms with Crippen molar-refractivity contribution in [3.05, 3.63) is 75.9 Å². The first-order chi connectivity index (χ1) is 16.9. The fraction of sp³-hybridized carbons (Fsp3) is 0.320. The summed E-state index contributed by atoms with van der Waals surface area (Å²) in [6.45, 7) is 3.07. The molecule has 3 aliphatic heterocycles. The minimum atomic E-state index is -0.498. The van der Waals surface area contributed by atoms with E-state index in [4.69, 9.17) is 0 Å². The van der Waals surface area contributed by atoms with Gasteiger partial charge in [0.1, 0.15) is 11.6 Å². The summed E-state index contributed by atoms with van der Waals surface area (Å²) < 4.78 is 0. The minimum Gasteiger partial charge on any atom is -0.353 e. The number of likely N-dealkylation sites (N-methyl/N-ethyl adjacent to an activating group) is 1. The maximum atomic E-state index is 13.3. The summed E-state index contributed by atoms with van der Waals surface area (Å²) in [5.74, 6) is -0.469. The number of rotatable bonds is 4. The molecule has 0 N–H and O–H groups in total. The van der Waals surface area contributed by atoms with Gasteiger partial charge in [-0.2, -0.15) is 5.26 Å². The van der Waals surface area contributed by atoms with Crippen LogP contribution >= 0.6 is 0 Å². The van der Waals surface area contributed by atoms with Crippen LogP contribution in [0, 0.1) is 21.4 Å². The highest BCUT2D eigenvalue weighted by Gasteiger charge is 2.47. The van der Waals surface area contributed by atoms with E-state index in [2.05, 4.69) is 4.90 Å². The van der Waals surface area contributed by atoms with Gasteiger partial charge in [0, 0.05) is 55.2 Å². The van der Waals surface area contributed by atoms with Gasteiger partial charge in [-0.15, -0.1) is 0 Å². The smallest absolute Gasteiger partial charge is 0.269 e. The van der Waals surface area contributed by atoms with Crippen LogP contribution in [-0.2, 0) is 9.59 Å². The van der Waals surface area contributed by atoms with Gasteiger partial charge in [-0.25, -0.2) is 0 Å². The zero-order chi connectivity index (χ0) is 24.7. The van der Waals surface area contributed by atoms with E-state index in [9.17, 15) is 25.0 Å². The van der Waals surface area contributed by atoms with Crippen molar-refractivity contribution in [2.45, 2.75) is 12.1 Å². The molecule has 2 amide bonds. The molecule has 35 heavy (non-hydrogen) atoms. The number of benzene rings is 2. The molecule has 0 aliphatic carbocycles. The van der Waals surface area contributed by atoms with E-state index in [1.807, 2.05) is 47.2 Å². The fourth-order valence-corrected chi connectivity index (χ4v) is 5.08. The van der Waals surface area contributed by atoms with E-state index in [0.29, 0.717) is 18.8 Å². The van der Waals surface area contributed by atoms with Gasteiger partial charge in [0.15, 0.2) is 0 Å². The molecule has 10 heteroatoms. The average Bonchev–Trinajstić information content (AvgIpc) is 3.17. The Morgan fingerprint density at radius 1 is 1.11 bits per heavy atom. The number of fused-ring (bicyclic) bond motifs is 3. The number of amides is 2. The predicted molar refractivity (Wildman–Crippen MR) is 129 cm³/mol. The number of anilines is 2. The quantitative estimate of drug-likeness (QED) is 0.494. The molecule has 3 heterocycles. The van der Waals surface area contributed by atoms with Gasteiger partial charge >= 0.3 is 0 Å². The fourth-order valence-electron chi connectivity index (χ4n) is 5.08. The number of non-ortho nitro benzene ring substituents is 1. The second-order valence-corrected chi connectivity index (χ2v) is 8.95. The normalized spacial score (nSPS) is 21.8. The van der Waals surface area contributed by atoms with E-state index < -0.39 is 22.9 Å². The van der Waals surface area contributed by atoms with Crippen molar-refractivity contribution in [2.75, 3.05) is 49.6 Å². The lowest BCUT2D eigenvalue weighted by Gasteiger charge is -2.39. The molecular formula is C25H24N6O4.